The van der Waals surface area contributed by atoms with Crippen molar-refractivity contribution in [3.8, 4) is 11.5 Å². The highest BCUT2D eigenvalue weighted by atomic mass is 16.5. The Hall–Kier alpha value is -2.57. The molecule has 0 radical (unpaired) electrons. The fraction of sp³-hybridized carbons (Fsp3) is 0.435. The molecular formula is C23H29N3O3. The second-order valence-electron chi connectivity index (χ2n) is 7.29. The first-order chi connectivity index (χ1) is 14.3. The van der Waals surface area contributed by atoms with Crippen molar-refractivity contribution in [3.05, 3.63) is 54.4 Å². The average molecular weight is 396 g/mol. The number of benzene rings is 2. The fourth-order valence-electron chi connectivity index (χ4n) is 3.69. The summed E-state index contributed by atoms with van der Waals surface area (Å²) in [5.74, 6) is 2.87. The van der Waals surface area contributed by atoms with Gasteiger partial charge in [-0.3, -0.25) is 4.90 Å². The molecule has 0 atom stereocenters. The van der Waals surface area contributed by atoms with E-state index in [-0.39, 0.29) is 0 Å². The summed E-state index contributed by atoms with van der Waals surface area (Å²) in [5.41, 5.74) is 2.29. The van der Waals surface area contributed by atoms with Crippen LogP contribution >= 0.6 is 0 Å². The first-order valence-electron chi connectivity index (χ1n) is 10.3. The molecule has 0 bridgehead atoms. The number of hydrogen-bond donors (Lipinski definition) is 0. The lowest BCUT2D eigenvalue weighted by Crippen LogP contribution is -2.36. The Morgan fingerprint density at radius 1 is 0.966 bits per heavy atom. The molecule has 1 aliphatic heterocycles. The second kappa shape index (κ2) is 9.76. The van der Waals surface area contributed by atoms with E-state index in [9.17, 15) is 0 Å². The third-order valence-corrected chi connectivity index (χ3v) is 5.31. The zero-order valence-corrected chi connectivity index (χ0v) is 17.0. The maximum Gasteiger partial charge on any atom is 0.124 e. The molecule has 1 fully saturated rings. The maximum absolute atomic E-state index is 5.86. The smallest absolute Gasteiger partial charge is 0.124 e. The topological polar surface area (TPSA) is 48.8 Å². The number of aromatic nitrogens is 2. The van der Waals surface area contributed by atoms with Gasteiger partial charge in [-0.15, -0.1) is 0 Å². The minimum atomic E-state index is 0.706. The van der Waals surface area contributed by atoms with Gasteiger partial charge in [-0.2, -0.15) is 0 Å². The predicted octanol–water partition coefficient (Wildman–Crippen LogP) is 3.74. The quantitative estimate of drug-likeness (QED) is 0.517. The van der Waals surface area contributed by atoms with Crippen molar-refractivity contribution < 1.29 is 14.2 Å². The molecule has 1 saturated heterocycles. The van der Waals surface area contributed by atoms with E-state index in [2.05, 4.69) is 33.7 Å². The Labute approximate surface area is 172 Å². The summed E-state index contributed by atoms with van der Waals surface area (Å²) in [5, 5.41) is 0. The van der Waals surface area contributed by atoms with Gasteiger partial charge in [-0.25, -0.2) is 4.98 Å². The van der Waals surface area contributed by atoms with Crippen molar-refractivity contribution in [2.75, 3.05) is 40.0 Å². The van der Waals surface area contributed by atoms with Crippen LogP contribution in [0.4, 0.5) is 0 Å². The minimum Gasteiger partial charge on any atom is -0.497 e. The van der Waals surface area contributed by atoms with Gasteiger partial charge >= 0.3 is 0 Å². The Bertz CT molecular complexity index is 901. The molecule has 3 aromatic rings. The summed E-state index contributed by atoms with van der Waals surface area (Å²) in [6, 6.07) is 16.1. The van der Waals surface area contributed by atoms with E-state index < -0.39 is 0 Å². The number of unbranched alkanes of at least 4 members (excludes halogenated alkanes) is 1. The van der Waals surface area contributed by atoms with Crippen LogP contribution in [-0.2, 0) is 17.8 Å². The number of aryl methyl sites for hydroxylation is 1. The van der Waals surface area contributed by atoms with Crippen LogP contribution in [0.1, 0.15) is 18.7 Å². The van der Waals surface area contributed by atoms with Gasteiger partial charge in [0.1, 0.15) is 17.3 Å². The van der Waals surface area contributed by atoms with Crippen LogP contribution in [0.3, 0.4) is 0 Å². The molecule has 154 valence electrons. The molecule has 29 heavy (non-hydrogen) atoms. The van der Waals surface area contributed by atoms with Crippen molar-refractivity contribution in [1.82, 2.24) is 14.5 Å². The summed E-state index contributed by atoms with van der Waals surface area (Å²) in [6.45, 7) is 6.09. The minimum absolute atomic E-state index is 0.706. The number of methoxy groups -OCH3 is 1. The average Bonchev–Trinajstić information content (AvgIpc) is 3.11. The second-order valence-corrected chi connectivity index (χ2v) is 7.29. The van der Waals surface area contributed by atoms with Gasteiger partial charge in [0.15, 0.2) is 0 Å². The molecule has 0 saturated carbocycles. The van der Waals surface area contributed by atoms with E-state index in [0.29, 0.717) is 6.61 Å². The molecule has 2 aromatic carbocycles. The van der Waals surface area contributed by atoms with E-state index in [1.54, 1.807) is 7.11 Å². The highest BCUT2D eigenvalue weighted by Gasteiger charge is 2.16. The lowest BCUT2D eigenvalue weighted by molar-refractivity contribution is 0.0326. The van der Waals surface area contributed by atoms with Gasteiger partial charge in [0.05, 0.1) is 44.5 Å². The molecule has 0 spiro atoms. The van der Waals surface area contributed by atoms with Crippen LogP contribution in [-0.4, -0.2) is 54.5 Å². The van der Waals surface area contributed by atoms with Crippen LogP contribution in [0.5, 0.6) is 11.5 Å². The van der Waals surface area contributed by atoms with Gasteiger partial charge in [-0.05, 0) is 49.2 Å². The molecule has 6 nitrogen and oxygen atoms in total. The lowest BCUT2D eigenvalue weighted by Gasteiger charge is -2.26. The molecule has 2 heterocycles. The van der Waals surface area contributed by atoms with Gasteiger partial charge in [0.2, 0.25) is 0 Å². The number of morpholine rings is 1. The summed E-state index contributed by atoms with van der Waals surface area (Å²) in [6.07, 6.45) is 2.04. The van der Waals surface area contributed by atoms with Crippen LogP contribution < -0.4 is 9.47 Å². The first-order valence-corrected chi connectivity index (χ1v) is 10.3. The van der Waals surface area contributed by atoms with Crippen molar-refractivity contribution >= 4 is 11.0 Å². The molecule has 0 N–H and O–H groups in total. The van der Waals surface area contributed by atoms with E-state index in [4.69, 9.17) is 19.2 Å². The van der Waals surface area contributed by atoms with Crippen molar-refractivity contribution in [2.45, 2.75) is 25.9 Å². The van der Waals surface area contributed by atoms with E-state index in [1.807, 2.05) is 24.3 Å². The van der Waals surface area contributed by atoms with E-state index in [0.717, 1.165) is 75.1 Å². The molecule has 4 rings (SSSR count). The van der Waals surface area contributed by atoms with Crippen LogP contribution in [0.25, 0.3) is 11.0 Å². The van der Waals surface area contributed by atoms with Crippen LogP contribution in [0, 0.1) is 0 Å². The maximum atomic E-state index is 5.86. The fourth-order valence-corrected chi connectivity index (χ4v) is 3.69. The molecule has 1 aromatic heterocycles. The number of hydrogen-bond acceptors (Lipinski definition) is 5. The molecule has 0 aliphatic carbocycles. The number of para-hydroxylation sites is 2. The Balaban J connectivity index is 1.34. The van der Waals surface area contributed by atoms with Gasteiger partial charge in [-0.1, -0.05) is 12.1 Å². The zero-order chi connectivity index (χ0) is 19.9. The largest absolute Gasteiger partial charge is 0.497 e. The number of nitrogens with zero attached hydrogens (tertiary/aromatic N) is 3. The molecule has 0 amide bonds. The highest BCUT2D eigenvalue weighted by molar-refractivity contribution is 5.75. The Kier molecular flexibility index (Phi) is 6.64. The molecule has 1 aliphatic rings. The Morgan fingerprint density at radius 3 is 2.52 bits per heavy atom. The highest BCUT2D eigenvalue weighted by Crippen LogP contribution is 2.20. The SMILES string of the molecule is COc1ccc(OCCCCn2c(CN3CCOCC3)nc3ccccc32)cc1. The molecular weight excluding hydrogens is 366 g/mol. The van der Waals surface area contributed by atoms with Crippen molar-refractivity contribution in [1.29, 1.82) is 0 Å². The number of imidazole rings is 1. The van der Waals surface area contributed by atoms with Gasteiger partial charge in [0.25, 0.3) is 0 Å². The number of ether oxygens (including phenoxy) is 3. The molecule has 6 heteroatoms. The van der Waals surface area contributed by atoms with Gasteiger partial charge < -0.3 is 18.8 Å². The Morgan fingerprint density at radius 2 is 1.72 bits per heavy atom. The van der Waals surface area contributed by atoms with Crippen molar-refractivity contribution in [2.24, 2.45) is 0 Å². The zero-order valence-electron chi connectivity index (χ0n) is 17.0. The van der Waals surface area contributed by atoms with E-state index >= 15 is 0 Å². The van der Waals surface area contributed by atoms with Gasteiger partial charge in [0, 0.05) is 19.6 Å². The third-order valence-electron chi connectivity index (χ3n) is 5.31. The van der Waals surface area contributed by atoms with Crippen molar-refractivity contribution in [3.63, 3.8) is 0 Å². The summed E-state index contributed by atoms with van der Waals surface area (Å²) >= 11 is 0. The number of fused-ring (bicyclic) bond motifs is 1. The van der Waals surface area contributed by atoms with Crippen LogP contribution in [0.15, 0.2) is 48.5 Å². The first kappa shape index (κ1) is 19.7. The van der Waals surface area contributed by atoms with E-state index in [1.165, 1.54) is 5.52 Å². The normalized spacial score (nSPS) is 14.9. The summed E-state index contributed by atoms with van der Waals surface area (Å²) < 4.78 is 18.9. The predicted molar refractivity (Wildman–Crippen MR) is 114 cm³/mol. The lowest BCUT2D eigenvalue weighted by atomic mass is 10.3. The summed E-state index contributed by atoms with van der Waals surface area (Å²) in [4.78, 5) is 7.33. The summed E-state index contributed by atoms with van der Waals surface area (Å²) in [7, 11) is 1.67. The monoisotopic (exact) mass is 395 g/mol. The molecule has 0 unspecified atom stereocenters. The third kappa shape index (κ3) is 5.08. The standard InChI is InChI=1S/C23H29N3O3/c1-27-19-8-10-20(11-9-19)29-15-5-4-12-26-22-7-3-2-6-21(22)24-23(26)18-25-13-16-28-17-14-25/h2-3,6-11H,4-5,12-18H2,1H3. The van der Waals surface area contributed by atoms with Crippen LogP contribution in [0.2, 0.25) is 0 Å². The number of rotatable bonds is 9.